The first-order valence-corrected chi connectivity index (χ1v) is 10.1. The summed E-state index contributed by atoms with van der Waals surface area (Å²) in [5, 5.41) is 0. The standard InChI is InChI=1S/C21H26N4O6/c1-5-22-16(26)14(17(27)23(6-2)20(22)30)12-10-9-11-13-15-18(28)24(7-3)21(31)25(8-4)19(15)29/h9-14H,5-8H2,1-4H3/b11-9+,12-10+. The molecule has 2 aliphatic rings. The van der Waals surface area contributed by atoms with E-state index in [0.717, 1.165) is 19.6 Å². The summed E-state index contributed by atoms with van der Waals surface area (Å²) in [6, 6.07) is -1.28. The number of barbiturate groups is 2. The van der Waals surface area contributed by atoms with Gasteiger partial charge in [-0.05, 0) is 33.8 Å². The van der Waals surface area contributed by atoms with Gasteiger partial charge >= 0.3 is 12.1 Å². The summed E-state index contributed by atoms with van der Waals surface area (Å²) in [6.45, 7) is 7.14. The lowest BCUT2D eigenvalue weighted by Crippen LogP contribution is -2.59. The molecule has 0 unspecified atom stereocenters. The van der Waals surface area contributed by atoms with Crippen molar-refractivity contribution in [1.82, 2.24) is 19.6 Å². The molecule has 0 bridgehead atoms. The summed E-state index contributed by atoms with van der Waals surface area (Å²) in [7, 11) is 0. The van der Waals surface area contributed by atoms with Gasteiger partial charge in [-0.3, -0.25) is 38.8 Å². The number of likely N-dealkylation sites (N-methyl/N-ethyl adjacent to an activating group) is 2. The van der Waals surface area contributed by atoms with Gasteiger partial charge in [0.1, 0.15) is 11.5 Å². The number of allylic oxidation sites excluding steroid dienone is 4. The van der Waals surface area contributed by atoms with Gasteiger partial charge < -0.3 is 0 Å². The van der Waals surface area contributed by atoms with Gasteiger partial charge in [-0.1, -0.05) is 24.3 Å². The van der Waals surface area contributed by atoms with Gasteiger partial charge in [-0.25, -0.2) is 9.59 Å². The molecule has 0 aromatic rings. The summed E-state index contributed by atoms with van der Waals surface area (Å²) < 4.78 is 0. The van der Waals surface area contributed by atoms with Crippen LogP contribution in [0.1, 0.15) is 27.7 Å². The first kappa shape index (κ1) is 23.7. The van der Waals surface area contributed by atoms with Crippen LogP contribution in [0.25, 0.3) is 0 Å². The van der Waals surface area contributed by atoms with Crippen molar-refractivity contribution in [2.24, 2.45) is 5.92 Å². The van der Waals surface area contributed by atoms with Crippen molar-refractivity contribution >= 4 is 35.7 Å². The predicted molar refractivity (Wildman–Crippen MR) is 110 cm³/mol. The smallest absolute Gasteiger partial charge is 0.273 e. The molecule has 2 aliphatic heterocycles. The maximum Gasteiger partial charge on any atom is 0.333 e. The maximum atomic E-state index is 12.4. The SMILES string of the molecule is CCN1C(=O)C(=C/C=C/C=C/C2C(=O)N(CC)C(=O)N(CC)C2=O)C(=O)N(CC)C1=O. The molecule has 10 heteroatoms. The number of nitrogens with zero attached hydrogens (tertiary/aromatic N) is 4. The molecule has 31 heavy (non-hydrogen) atoms. The number of carbonyl (C=O) groups is 6. The molecule has 0 aromatic carbocycles. The van der Waals surface area contributed by atoms with Crippen LogP contribution in [0.3, 0.4) is 0 Å². The fraction of sp³-hybridized carbons (Fsp3) is 0.429. The highest BCUT2D eigenvalue weighted by atomic mass is 16.2. The van der Waals surface area contributed by atoms with E-state index in [1.54, 1.807) is 27.7 Å². The molecule has 2 fully saturated rings. The molecule has 0 spiro atoms. The molecule has 8 amide bonds. The van der Waals surface area contributed by atoms with E-state index in [0.29, 0.717) is 0 Å². The zero-order chi connectivity index (χ0) is 23.3. The lowest BCUT2D eigenvalue weighted by atomic mass is 10.0. The number of urea groups is 2. The van der Waals surface area contributed by atoms with Crippen LogP contribution in [0, 0.1) is 5.92 Å². The molecule has 2 heterocycles. The minimum Gasteiger partial charge on any atom is -0.273 e. The van der Waals surface area contributed by atoms with Crippen LogP contribution >= 0.6 is 0 Å². The van der Waals surface area contributed by atoms with Gasteiger partial charge in [-0.2, -0.15) is 0 Å². The van der Waals surface area contributed by atoms with Gasteiger partial charge in [0.05, 0.1) is 0 Å². The third kappa shape index (κ3) is 4.32. The average Bonchev–Trinajstić information content (AvgIpc) is 2.73. The first-order chi connectivity index (χ1) is 14.7. The normalized spacial score (nSPS) is 19.2. The van der Waals surface area contributed by atoms with Gasteiger partial charge in [-0.15, -0.1) is 0 Å². The number of rotatable bonds is 7. The predicted octanol–water partition coefficient (Wildman–Crippen LogP) is 1.30. The van der Waals surface area contributed by atoms with E-state index in [1.807, 2.05) is 0 Å². The summed E-state index contributed by atoms with van der Waals surface area (Å²) in [5.41, 5.74) is -0.155. The molecule has 0 aliphatic carbocycles. The van der Waals surface area contributed by atoms with Crippen LogP contribution in [0.5, 0.6) is 0 Å². The Morgan fingerprint density at radius 3 is 1.45 bits per heavy atom. The number of hydrogen-bond donors (Lipinski definition) is 0. The first-order valence-electron chi connectivity index (χ1n) is 10.1. The molecular weight excluding hydrogens is 404 g/mol. The molecule has 0 radical (unpaired) electrons. The minimum atomic E-state index is -1.13. The number of imide groups is 4. The molecular formula is C21H26N4O6. The molecule has 10 nitrogen and oxygen atoms in total. The molecule has 0 saturated carbocycles. The van der Waals surface area contributed by atoms with Gasteiger partial charge in [0, 0.05) is 26.2 Å². The Bertz CT molecular complexity index is 850. The third-order valence-corrected chi connectivity index (χ3v) is 4.99. The highest BCUT2D eigenvalue weighted by Crippen LogP contribution is 2.19. The van der Waals surface area contributed by atoms with Crippen molar-refractivity contribution in [2.45, 2.75) is 27.7 Å². The van der Waals surface area contributed by atoms with Crippen LogP contribution in [0.2, 0.25) is 0 Å². The number of hydrogen-bond acceptors (Lipinski definition) is 6. The molecule has 0 aromatic heterocycles. The largest absolute Gasteiger partial charge is 0.333 e. The van der Waals surface area contributed by atoms with E-state index in [2.05, 4.69) is 0 Å². The summed E-state index contributed by atoms with van der Waals surface area (Å²) in [4.78, 5) is 78.0. The Kier molecular flexibility index (Phi) is 7.62. The van der Waals surface area contributed by atoms with Gasteiger partial charge in [0.25, 0.3) is 11.8 Å². The number of carbonyl (C=O) groups excluding carboxylic acids is 6. The quantitative estimate of drug-likeness (QED) is 0.260. The summed E-state index contributed by atoms with van der Waals surface area (Å²) in [5.74, 6) is -3.68. The van der Waals surface area contributed by atoms with Crippen molar-refractivity contribution < 1.29 is 28.8 Å². The van der Waals surface area contributed by atoms with Crippen LogP contribution in [0.15, 0.2) is 36.0 Å². The highest BCUT2D eigenvalue weighted by Gasteiger charge is 2.43. The number of amides is 8. The second-order valence-corrected chi connectivity index (χ2v) is 6.66. The highest BCUT2D eigenvalue weighted by molar-refractivity contribution is 6.28. The van der Waals surface area contributed by atoms with E-state index >= 15 is 0 Å². The molecule has 2 saturated heterocycles. The van der Waals surface area contributed by atoms with Crippen molar-refractivity contribution in [3.05, 3.63) is 36.0 Å². The van der Waals surface area contributed by atoms with E-state index in [1.165, 1.54) is 30.4 Å². The Hall–Kier alpha value is -3.56. The Balaban J connectivity index is 2.21. The third-order valence-electron chi connectivity index (χ3n) is 4.99. The van der Waals surface area contributed by atoms with E-state index in [-0.39, 0.29) is 31.8 Å². The molecule has 166 valence electrons. The van der Waals surface area contributed by atoms with Crippen LogP contribution in [-0.4, -0.2) is 81.5 Å². The topological polar surface area (TPSA) is 115 Å². The maximum absolute atomic E-state index is 12.4. The fourth-order valence-corrected chi connectivity index (χ4v) is 3.32. The Morgan fingerprint density at radius 1 is 0.613 bits per heavy atom. The van der Waals surface area contributed by atoms with Crippen molar-refractivity contribution in [3.63, 3.8) is 0 Å². The van der Waals surface area contributed by atoms with Crippen LogP contribution < -0.4 is 0 Å². The Labute approximate surface area is 180 Å². The van der Waals surface area contributed by atoms with Crippen molar-refractivity contribution in [1.29, 1.82) is 0 Å². The summed E-state index contributed by atoms with van der Waals surface area (Å²) in [6.07, 6.45) is 6.96. The molecule has 2 rings (SSSR count). The fourth-order valence-electron chi connectivity index (χ4n) is 3.32. The molecule has 0 atom stereocenters. The second-order valence-electron chi connectivity index (χ2n) is 6.66. The van der Waals surface area contributed by atoms with Crippen LogP contribution in [-0.2, 0) is 19.2 Å². The second kappa shape index (κ2) is 9.96. The minimum absolute atomic E-state index is 0.134. The monoisotopic (exact) mass is 430 g/mol. The van der Waals surface area contributed by atoms with E-state index < -0.39 is 41.6 Å². The lowest BCUT2D eigenvalue weighted by Gasteiger charge is -2.34. The molecule has 0 N–H and O–H groups in total. The summed E-state index contributed by atoms with van der Waals surface area (Å²) >= 11 is 0. The van der Waals surface area contributed by atoms with Gasteiger partial charge in [0.15, 0.2) is 0 Å². The van der Waals surface area contributed by atoms with E-state index in [4.69, 9.17) is 0 Å². The average molecular weight is 430 g/mol. The van der Waals surface area contributed by atoms with Crippen molar-refractivity contribution in [2.75, 3.05) is 26.2 Å². The Morgan fingerprint density at radius 2 is 1.03 bits per heavy atom. The van der Waals surface area contributed by atoms with E-state index in [9.17, 15) is 28.8 Å². The lowest BCUT2D eigenvalue weighted by molar-refractivity contribution is -0.146. The zero-order valence-corrected chi connectivity index (χ0v) is 18.0. The zero-order valence-electron chi connectivity index (χ0n) is 18.0. The van der Waals surface area contributed by atoms with Gasteiger partial charge in [0.2, 0.25) is 11.8 Å². The van der Waals surface area contributed by atoms with Crippen molar-refractivity contribution in [3.8, 4) is 0 Å². The van der Waals surface area contributed by atoms with Crippen LogP contribution in [0.4, 0.5) is 9.59 Å².